The standard InChI is InChI=1S/C12H26N2O2/c1-4-10(3)14-12(16)9-13-8-11(5-2)6-7-15/h10-11,13,15H,4-9H2,1-3H3,(H,14,16). The molecule has 0 spiro atoms. The van der Waals surface area contributed by atoms with Crippen LogP contribution in [0.4, 0.5) is 0 Å². The van der Waals surface area contributed by atoms with Crippen LogP contribution >= 0.6 is 0 Å². The van der Waals surface area contributed by atoms with E-state index in [1.807, 2.05) is 13.8 Å². The van der Waals surface area contributed by atoms with Crippen molar-refractivity contribution in [2.45, 2.75) is 46.1 Å². The number of hydrogen-bond acceptors (Lipinski definition) is 3. The highest BCUT2D eigenvalue weighted by Crippen LogP contribution is 2.04. The average Bonchev–Trinajstić information content (AvgIpc) is 2.27. The van der Waals surface area contributed by atoms with Crippen LogP contribution in [0.1, 0.15) is 40.0 Å². The van der Waals surface area contributed by atoms with Crippen LogP contribution in [-0.4, -0.2) is 36.8 Å². The van der Waals surface area contributed by atoms with Crippen molar-refractivity contribution in [3.8, 4) is 0 Å². The van der Waals surface area contributed by atoms with E-state index in [0.717, 1.165) is 25.8 Å². The van der Waals surface area contributed by atoms with Crippen molar-refractivity contribution < 1.29 is 9.90 Å². The second-order valence-electron chi connectivity index (χ2n) is 4.29. The fourth-order valence-corrected chi connectivity index (χ4v) is 1.45. The lowest BCUT2D eigenvalue weighted by molar-refractivity contribution is -0.120. The molecule has 0 rings (SSSR count). The van der Waals surface area contributed by atoms with Crippen molar-refractivity contribution in [2.24, 2.45) is 5.92 Å². The maximum atomic E-state index is 11.4. The average molecular weight is 230 g/mol. The minimum Gasteiger partial charge on any atom is -0.396 e. The smallest absolute Gasteiger partial charge is 0.234 e. The molecule has 0 saturated heterocycles. The number of nitrogens with one attached hydrogen (secondary N) is 2. The van der Waals surface area contributed by atoms with Crippen molar-refractivity contribution in [3.63, 3.8) is 0 Å². The van der Waals surface area contributed by atoms with E-state index in [4.69, 9.17) is 5.11 Å². The van der Waals surface area contributed by atoms with E-state index in [1.54, 1.807) is 0 Å². The largest absolute Gasteiger partial charge is 0.396 e. The number of rotatable bonds is 9. The Kier molecular flexibility index (Phi) is 9.24. The molecule has 0 aliphatic rings. The van der Waals surface area contributed by atoms with Gasteiger partial charge in [-0.1, -0.05) is 20.3 Å². The van der Waals surface area contributed by atoms with Crippen molar-refractivity contribution in [1.82, 2.24) is 10.6 Å². The molecular formula is C12H26N2O2. The van der Waals surface area contributed by atoms with Gasteiger partial charge in [-0.3, -0.25) is 4.79 Å². The van der Waals surface area contributed by atoms with E-state index in [2.05, 4.69) is 17.6 Å². The number of aliphatic hydroxyl groups is 1. The Morgan fingerprint density at radius 1 is 1.31 bits per heavy atom. The summed E-state index contributed by atoms with van der Waals surface area (Å²) in [4.78, 5) is 11.4. The van der Waals surface area contributed by atoms with E-state index in [0.29, 0.717) is 12.5 Å². The predicted octanol–water partition coefficient (Wildman–Crippen LogP) is 0.899. The summed E-state index contributed by atoms with van der Waals surface area (Å²) >= 11 is 0. The third-order valence-electron chi connectivity index (χ3n) is 2.85. The number of hydrogen-bond donors (Lipinski definition) is 3. The Morgan fingerprint density at radius 3 is 2.50 bits per heavy atom. The van der Waals surface area contributed by atoms with Crippen molar-refractivity contribution >= 4 is 5.91 Å². The Labute approximate surface area is 98.8 Å². The summed E-state index contributed by atoms with van der Waals surface area (Å²) < 4.78 is 0. The van der Waals surface area contributed by atoms with Crippen LogP contribution in [0.5, 0.6) is 0 Å². The van der Waals surface area contributed by atoms with Gasteiger partial charge in [-0.15, -0.1) is 0 Å². The van der Waals surface area contributed by atoms with Gasteiger partial charge in [0.1, 0.15) is 0 Å². The molecule has 0 aromatic rings. The topological polar surface area (TPSA) is 61.4 Å². The first-order valence-electron chi connectivity index (χ1n) is 6.24. The molecule has 0 aliphatic carbocycles. The Hall–Kier alpha value is -0.610. The molecule has 0 aromatic carbocycles. The summed E-state index contributed by atoms with van der Waals surface area (Å²) in [5.41, 5.74) is 0. The second-order valence-corrected chi connectivity index (χ2v) is 4.29. The fraction of sp³-hybridized carbons (Fsp3) is 0.917. The van der Waals surface area contributed by atoms with E-state index >= 15 is 0 Å². The van der Waals surface area contributed by atoms with E-state index < -0.39 is 0 Å². The Bertz CT molecular complexity index is 186. The predicted molar refractivity (Wildman–Crippen MR) is 66.2 cm³/mol. The van der Waals surface area contributed by atoms with E-state index in [1.165, 1.54) is 0 Å². The lowest BCUT2D eigenvalue weighted by atomic mass is 10.0. The molecule has 1 amide bonds. The minimum atomic E-state index is 0.0493. The van der Waals surface area contributed by atoms with Crippen molar-refractivity contribution in [2.75, 3.05) is 19.7 Å². The molecule has 2 atom stereocenters. The summed E-state index contributed by atoms with van der Waals surface area (Å²) in [6.45, 7) is 7.53. The normalized spacial score (nSPS) is 14.5. The summed E-state index contributed by atoms with van der Waals surface area (Å²) in [5, 5.41) is 14.8. The van der Waals surface area contributed by atoms with Gasteiger partial charge in [0, 0.05) is 12.6 Å². The van der Waals surface area contributed by atoms with Gasteiger partial charge in [-0.2, -0.15) is 0 Å². The Morgan fingerprint density at radius 2 is 2.00 bits per heavy atom. The van der Waals surface area contributed by atoms with Gasteiger partial charge in [-0.25, -0.2) is 0 Å². The van der Waals surface area contributed by atoms with Crippen LogP contribution in [0.3, 0.4) is 0 Å². The highest BCUT2D eigenvalue weighted by molar-refractivity contribution is 5.78. The van der Waals surface area contributed by atoms with Crippen LogP contribution in [-0.2, 0) is 4.79 Å². The third-order valence-corrected chi connectivity index (χ3v) is 2.85. The summed E-state index contributed by atoms with van der Waals surface area (Å²) in [7, 11) is 0. The van der Waals surface area contributed by atoms with Crippen molar-refractivity contribution in [3.05, 3.63) is 0 Å². The molecular weight excluding hydrogens is 204 g/mol. The molecule has 16 heavy (non-hydrogen) atoms. The van der Waals surface area contributed by atoms with Gasteiger partial charge in [0.25, 0.3) is 0 Å². The van der Waals surface area contributed by atoms with Gasteiger partial charge in [-0.05, 0) is 32.2 Å². The Balaban J connectivity index is 3.59. The molecule has 0 heterocycles. The maximum absolute atomic E-state index is 11.4. The highest BCUT2D eigenvalue weighted by Gasteiger charge is 2.08. The minimum absolute atomic E-state index is 0.0493. The first-order valence-corrected chi connectivity index (χ1v) is 6.24. The second kappa shape index (κ2) is 9.60. The van der Waals surface area contributed by atoms with E-state index in [-0.39, 0.29) is 18.6 Å². The summed E-state index contributed by atoms with van der Waals surface area (Å²) in [6.07, 6.45) is 2.78. The number of carbonyl (C=O) groups excluding carboxylic acids is 1. The van der Waals surface area contributed by atoms with Gasteiger partial charge in [0.05, 0.1) is 6.54 Å². The fourth-order valence-electron chi connectivity index (χ4n) is 1.45. The van der Waals surface area contributed by atoms with Gasteiger partial charge in [0.15, 0.2) is 0 Å². The van der Waals surface area contributed by atoms with Gasteiger partial charge < -0.3 is 15.7 Å². The third kappa shape index (κ3) is 7.65. The summed E-state index contributed by atoms with van der Waals surface area (Å²) in [6, 6.07) is 0.244. The first-order chi connectivity index (χ1) is 7.63. The van der Waals surface area contributed by atoms with Crippen LogP contribution in [0.25, 0.3) is 0 Å². The zero-order valence-corrected chi connectivity index (χ0v) is 10.8. The molecule has 0 aliphatic heterocycles. The molecule has 4 heteroatoms. The first kappa shape index (κ1) is 15.4. The van der Waals surface area contributed by atoms with Gasteiger partial charge >= 0.3 is 0 Å². The molecule has 4 nitrogen and oxygen atoms in total. The van der Waals surface area contributed by atoms with Crippen molar-refractivity contribution in [1.29, 1.82) is 0 Å². The monoisotopic (exact) mass is 230 g/mol. The lowest BCUT2D eigenvalue weighted by Crippen LogP contribution is -2.40. The van der Waals surface area contributed by atoms with Crippen LogP contribution in [0, 0.1) is 5.92 Å². The zero-order valence-electron chi connectivity index (χ0n) is 10.8. The molecule has 0 saturated carbocycles. The lowest BCUT2D eigenvalue weighted by Gasteiger charge is -2.15. The number of aliphatic hydroxyl groups excluding tert-OH is 1. The number of amides is 1. The zero-order chi connectivity index (χ0) is 12.4. The SMILES string of the molecule is CCC(CCO)CNCC(=O)NC(C)CC. The van der Waals surface area contributed by atoms with Gasteiger partial charge in [0.2, 0.25) is 5.91 Å². The van der Waals surface area contributed by atoms with Crippen LogP contribution in [0.15, 0.2) is 0 Å². The maximum Gasteiger partial charge on any atom is 0.234 e. The van der Waals surface area contributed by atoms with Crippen LogP contribution < -0.4 is 10.6 Å². The molecule has 0 fully saturated rings. The quantitative estimate of drug-likeness (QED) is 0.551. The van der Waals surface area contributed by atoms with Crippen LogP contribution in [0.2, 0.25) is 0 Å². The molecule has 0 bridgehead atoms. The molecule has 3 N–H and O–H groups in total. The highest BCUT2D eigenvalue weighted by atomic mass is 16.3. The molecule has 2 unspecified atom stereocenters. The molecule has 96 valence electrons. The molecule has 0 radical (unpaired) electrons. The summed E-state index contributed by atoms with van der Waals surface area (Å²) in [5.74, 6) is 0.509. The molecule has 0 aromatic heterocycles. The number of carbonyl (C=O) groups is 1. The van der Waals surface area contributed by atoms with E-state index in [9.17, 15) is 4.79 Å².